The highest BCUT2D eigenvalue weighted by Crippen LogP contribution is 2.37. The minimum Gasteiger partial charge on any atom is -0.393 e. The van der Waals surface area contributed by atoms with E-state index >= 15 is 0 Å². The van der Waals surface area contributed by atoms with E-state index in [-0.39, 0.29) is 12.1 Å². The minimum absolute atomic E-state index is 0.0551. The molecule has 1 saturated carbocycles. The zero-order valence-electron chi connectivity index (χ0n) is 22.0. The summed E-state index contributed by atoms with van der Waals surface area (Å²) < 4.78 is 11.1. The van der Waals surface area contributed by atoms with E-state index in [9.17, 15) is 5.11 Å². The Kier molecular flexibility index (Phi) is 8.05. The van der Waals surface area contributed by atoms with Gasteiger partial charge in [0.25, 0.3) is 0 Å². The zero-order chi connectivity index (χ0) is 25.8. The first-order chi connectivity index (χ1) is 17.3. The van der Waals surface area contributed by atoms with Crippen LogP contribution in [0.2, 0.25) is 0 Å². The zero-order valence-corrected chi connectivity index (χ0v) is 22.0. The monoisotopic (exact) mass is 494 g/mol. The van der Waals surface area contributed by atoms with E-state index in [2.05, 4.69) is 62.3 Å². The standard InChI is InChI=1S/C26H38N8O2/c1-17-11-22(32(5)30-17)15-33-14-21(13-28-33)24-12-25(20-7-9-23(35)10-8-20)34(19(24)3)31-26(27-4)29-18(2)16-36-6/h11-14,18,20,23,35H,4,7-10,15-16H2,1-3,5-6H3,(H,29,31)/t18-,20?,23?/m0/s1. The molecule has 194 valence electrons. The van der Waals surface area contributed by atoms with Gasteiger partial charge in [0, 0.05) is 48.8 Å². The molecule has 0 amide bonds. The molecule has 1 fully saturated rings. The minimum atomic E-state index is -0.214. The normalized spacial score (nSPS) is 19.4. The molecule has 0 saturated heterocycles. The Hall–Kier alpha value is -3.24. The van der Waals surface area contributed by atoms with Crippen molar-refractivity contribution in [2.75, 3.05) is 19.1 Å². The second-order valence-electron chi connectivity index (χ2n) is 9.76. The molecule has 3 aromatic heterocycles. The van der Waals surface area contributed by atoms with Gasteiger partial charge in [0.15, 0.2) is 0 Å². The van der Waals surface area contributed by atoms with Gasteiger partial charge in [0.05, 0.1) is 42.9 Å². The Bertz CT molecular complexity index is 1210. The summed E-state index contributed by atoms with van der Waals surface area (Å²) in [7, 11) is 3.62. The Labute approximate surface area is 212 Å². The van der Waals surface area contributed by atoms with E-state index in [1.54, 1.807) is 7.11 Å². The van der Waals surface area contributed by atoms with Crippen LogP contribution in [0, 0.1) is 13.8 Å². The van der Waals surface area contributed by atoms with Crippen molar-refractivity contribution in [3.05, 3.63) is 47.3 Å². The number of aliphatic hydroxyl groups is 1. The molecule has 1 atom stereocenters. The highest BCUT2D eigenvalue weighted by atomic mass is 16.5. The van der Waals surface area contributed by atoms with E-state index in [1.165, 1.54) is 0 Å². The fourth-order valence-electron chi connectivity index (χ4n) is 5.00. The lowest BCUT2D eigenvalue weighted by Crippen LogP contribution is -2.28. The number of hydrogen-bond donors (Lipinski definition) is 2. The van der Waals surface area contributed by atoms with Gasteiger partial charge in [-0.25, -0.2) is 9.98 Å². The summed E-state index contributed by atoms with van der Waals surface area (Å²) in [6.45, 7) is 10.9. The van der Waals surface area contributed by atoms with Gasteiger partial charge in [-0.15, -0.1) is 0 Å². The summed E-state index contributed by atoms with van der Waals surface area (Å²) in [6.07, 6.45) is 7.23. The third-order valence-corrected chi connectivity index (χ3v) is 6.87. The third kappa shape index (κ3) is 5.76. The molecule has 1 aliphatic rings. The van der Waals surface area contributed by atoms with E-state index in [0.29, 0.717) is 25.0 Å². The molecule has 1 aliphatic carbocycles. The highest BCUT2D eigenvalue weighted by Gasteiger charge is 2.26. The molecule has 10 nitrogen and oxygen atoms in total. The van der Waals surface area contributed by atoms with Gasteiger partial charge in [0.2, 0.25) is 5.96 Å². The van der Waals surface area contributed by atoms with E-state index in [1.807, 2.05) is 36.5 Å². The number of aryl methyl sites for hydroxylation is 2. The number of aliphatic imine (C=N–C) groups is 2. The second-order valence-corrected chi connectivity index (χ2v) is 9.76. The Morgan fingerprint density at radius 2 is 2.03 bits per heavy atom. The lowest BCUT2D eigenvalue weighted by atomic mass is 9.85. The molecule has 36 heavy (non-hydrogen) atoms. The number of hydrogen-bond acceptors (Lipinski definition) is 5. The summed E-state index contributed by atoms with van der Waals surface area (Å²) in [5.41, 5.74) is 9.83. The number of rotatable bonds is 8. The largest absolute Gasteiger partial charge is 0.393 e. The van der Waals surface area contributed by atoms with Crippen LogP contribution in [0.15, 0.2) is 34.5 Å². The molecule has 3 aromatic rings. The summed E-state index contributed by atoms with van der Waals surface area (Å²) in [5, 5.41) is 19.1. The Balaban J connectivity index is 1.67. The van der Waals surface area contributed by atoms with Gasteiger partial charge in [-0.3, -0.25) is 19.5 Å². The van der Waals surface area contributed by atoms with Crippen LogP contribution < -0.4 is 5.43 Å². The molecule has 0 radical (unpaired) electrons. The maximum Gasteiger partial charge on any atom is 0.237 e. The molecule has 0 unspecified atom stereocenters. The Morgan fingerprint density at radius 1 is 1.28 bits per heavy atom. The van der Waals surface area contributed by atoms with Gasteiger partial charge in [-0.1, -0.05) is 0 Å². The van der Waals surface area contributed by atoms with E-state index in [4.69, 9.17) is 4.74 Å². The molecule has 0 aliphatic heterocycles. The molecular formula is C26H38N8O2. The van der Waals surface area contributed by atoms with Crippen LogP contribution in [-0.4, -0.2) is 67.9 Å². The van der Waals surface area contributed by atoms with Crippen molar-refractivity contribution in [1.29, 1.82) is 0 Å². The van der Waals surface area contributed by atoms with Crippen LogP contribution in [-0.2, 0) is 18.3 Å². The lowest BCUT2D eigenvalue weighted by Gasteiger charge is -2.27. The first-order valence-corrected chi connectivity index (χ1v) is 12.5. The summed E-state index contributed by atoms with van der Waals surface area (Å²) in [6, 6.07) is 4.26. The van der Waals surface area contributed by atoms with Gasteiger partial charge in [-0.05, 0) is 65.3 Å². The smallest absolute Gasteiger partial charge is 0.237 e. The van der Waals surface area contributed by atoms with Crippen molar-refractivity contribution in [3.8, 4) is 11.1 Å². The fourth-order valence-corrected chi connectivity index (χ4v) is 5.00. The van der Waals surface area contributed by atoms with Gasteiger partial charge >= 0.3 is 0 Å². The number of guanidine groups is 1. The van der Waals surface area contributed by atoms with Crippen LogP contribution in [0.5, 0.6) is 0 Å². The van der Waals surface area contributed by atoms with Gasteiger partial charge in [0.1, 0.15) is 0 Å². The number of aliphatic hydroxyl groups excluding tert-OH is 1. The van der Waals surface area contributed by atoms with Crippen LogP contribution in [0.1, 0.15) is 61.3 Å². The SMILES string of the molecule is C=NC(=N[C@@H](C)COC)Nn1c(C2CCC(O)CC2)cc(-c2cnn(Cc3cc(C)nn3C)c2)c1C. The van der Waals surface area contributed by atoms with Crippen molar-refractivity contribution >= 4 is 12.7 Å². The van der Waals surface area contributed by atoms with Crippen molar-refractivity contribution in [2.45, 2.75) is 71.1 Å². The highest BCUT2D eigenvalue weighted by molar-refractivity contribution is 5.91. The number of aromatic nitrogens is 5. The van der Waals surface area contributed by atoms with Crippen LogP contribution in [0.3, 0.4) is 0 Å². The maximum atomic E-state index is 10.1. The van der Waals surface area contributed by atoms with Crippen LogP contribution in [0.25, 0.3) is 11.1 Å². The number of methoxy groups -OCH3 is 1. The average molecular weight is 495 g/mol. The number of nitrogens with one attached hydrogen (secondary N) is 1. The quantitative estimate of drug-likeness (QED) is 0.369. The molecule has 0 bridgehead atoms. The maximum absolute atomic E-state index is 10.1. The summed E-state index contributed by atoms with van der Waals surface area (Å²) in [5.74, 6) is 0.771. The molecular weight excluding hydrogens is 456 g/mol. The molecule has 4 rings (SSSR count). The van der Waals surface area contributed by atoms with Crippen LogP contribution in [0.4, 0.5) is 0 Å². The van der Waals surface area contributed by atoms with Crippen molar-refractivity contribution in [3.63, 3.8) is 0 Å². The first-order valence-electron chi connectivity index (χ1n) is 12.5. The van der Waals surface area contributed by atoms with Crippen molar-refractivity contribution in [2.24, 2.45) is 17.0 Å². The topological polar surface area (TPSA) is 107 Å². The third-order valence-electron chi connectivity index (χ3n) is 6.87. The number of ether oxygens (including phenoxy) is 1. The van der Waals surface area contributed by atoms with Gasteiger partial charge < -0.3 is 9.84 Å². The predicted octanol–water partition coefficient (Wildman–Crippen LogP) is 3.40. The van der Waals surface area contributed by atoms with E-state index in [0.717, 1.165) is 59.6 Å². The van der Waals surface area contributed by atoms with Crippen molar-refractivity contribution < 1.29 is 9.84 Å². The van der Waals surface area contributed by atoms with Crippen LogP contribution >= 0.6 is 0 Å². The molecule has 2 N–H and O–H groups in total. The van der Waals surface area contributed by atoms with Crippen molar-refractivity contribution in [1.82, 2.24) is 24.2 Å². The second kappa shape index (κ2) is 11.2. The first kappa shape index (κ1) is 25.8. The Morgan fingerprint density at radius 3 is 2.67 bits per heavy atom. The summed E-state index contributed by atoms with van der Waals surface area (Å²) >= 11 is 0. The van der Waals surface area contributed by atoms with Gasteiger partial charge in [-0.2, -0.15) is 10.2 Å². The molecule has 3 heterocycles. The average Bonchev–Trinajstić information content (AvgIpc) is 3.52. The fraction of sp³-hybridized carbons (Fsp3) is 0.538. The van der Waals surface area contributed by atoms with E-state index < -0.39 is 0 Å². The molecule has 10 heteroatoms. The lowest BCUT2D eigenvalue weighted by molar-refractivity contribution is 0.121. The molecule has 0 spiro atoms. The number of nitrogens with zero attached hydrogens (tertiary/aromatic N) is 7. The summed E-state index contributed by atoms with van der Waals surface area (Å²) in [4.78, 5) is 8.76. The molecule has 0 aromatic carbocycles. The predicted molar refractivity (Wildman–Crippen MR) is 142 cm³/mol.